The third kappa shape index (κ3) is 3.33. The molecular weight excluding hydrogens is 309 g/mol. The van der Waals surface area contributed by atoms with Crippen LogP contribution in [-0.4, -0.2) is 4.98 Å². The van der Waals surface area contributed by atoms with Gasteiger partial charge in [-0.05, 0) is 35.4 Å². The summed E-state index contributed by atoms with van der Waals surface area (Å²) >= 11 is 0. The average Bonchev–Trinajstić information content (AvgIpc) is 2.69. The molecule has 0 N–H and O–H groups in total. The topological polar surface area (TPSA) is 12.9 Å². The maximum atomic E-state index is 13.7. The van der Waals surface area contributed by atoms with Crippen LogP contribution in [0.1, 0.15) is 0 Å². The first-order valence-electron chi connectivity index (χ1n) is 8.18. The van der Waals surface area contributed by atoms with Crippen molar-refractivity contribution in [2.75, 3.05) is 0 Å². The van der Waals surface area contributed by atoms with Gasteiger partial charge < -0.3 is 0 Å². The average molecular weight is 325 g/mol. The molecule has 4 aromatic rings. The Morgan fingerprint density at radius 1 is 0.480 bits per heavy atom. The molecule has 0 saturated heterocycles. The fraction of sp³-hybridized carbons (Fsp3) is 0. The van der Waals surface area contributed by atoms with Crippen molar-refractivity contribution in [3.05, 3.63) is 103 Å². The molecule has 1 aromatic heterocycles. The second kappa shape index (κ2) is 6.70. The zero-order valence-corrected chi connectivity index (χ0v) is 13.6. The molecule has 1 heterocycles. The van der Waals surface area contributed by atoms with Crippen LogP contribution in [0.2, 0.25) is 0 Å². The van der Waals surface area contributed by atoms with Crippen LogP contribution in [-0.2, 0) is 0 Å². The molecule has 0 bridgehead atoms. The van der Waals surface area contributed by atoms with Crippen molar-refractivity contribution >= 4 is 0 Å². The molecule has 0 aliphatic heterocycles. The fourth-order valence-electron chi connectivity index (χ4n) is 2.88. The summed E-state index contributed by atoms with van der Waals surface area (Å²) in [6.07, 6.45) is 0. The normalized spacial score (nSPS) is 10.6. The Morgan fingerprint density at radius 3 is 1.52 bits per heavy atom. The van der Waals surface area contributed by atoms with Gasteiger partial charge in [-0.2, -0.15) is 0 Å². The number of hydrogen-bond acceptors (Lipinski definition) is 1. The summed E-state index contributed by atoms with van der Waals surface area (Å²) in [5, 5.41) is 0. The second-order valence-corrected chi connectivity index (χ2v) is 5.87. The van der Waals surface area contributed by atoms with E-state index in [2.05, 4.69) is 0 Å². The molecule has 4 rings (SSSR count). The number of halogens is 1. The van der Waals surface area contributed by atoms with Crippen LogP contribution in [0.25, 0.3) is 33.6 Å². The minimum Gasteiger partial charge on any atom is -0.248 e. The number of benzene rings is 3. The molecule has 0 fully saturated rings. The lowest BCUT2D eigenvalue weighted by molar-refractivity contribution is 0.628. The van der Waals surface area contributed by atoms with Gasteiger partial charge in [0.05, 0.1) is 11.4 Å². The summed E-state index contributed by atoms with van der Waals surface area (Å²) in [6, 6.07) is 30.8. The molecule has 0 amide bonds. The molecule has 0 spiro atoms. The molecule has 0 aliphatic rings. The number of pyridine rings is 1. The van der Waals surface area contributed by atoms with Crippen LogP contribution in [0, 0.1) is 5.82 Å². The van der Waals surface area contributed by atoms with Gasteiger partial charge in [0.25, 0.3) is 0 Å². The zero-order chi connectivity index (χ0) is 17.1. The van der Waals surface area contributed by atoms with Crippen molar-refractivity contribution in [2.45, 2.75) is 0 Å². The molecule has 3 aromatic carbocycles. The number of aromatic nitrogens is 1. The van der Waals surface area contributed by atoms with Gasteiger partial charge >= 0.3 is 0 Å². The van der Waals surface area contributed by atoms with Crippen molar-refractivity contribution in [2.24, 2.45) is 0 Å². The Bertz CT molecular complexity index is 937. The van der Waals surface area contributed by atoms with Gasteiger partial charge in [0.15, 0.2) is 0 Å². The Labute approximate surface area is 146 Å². The maximum absolute atomic E-state index is 13.7. The first kappa shape index (κ1) is 15.3. The predicted molar refractivity (Wildman–Crippen MR) is 101 cm³/mol. The van der Waals surface area contributed by atoms with Crippen LogP contribution >= 0.6 is 0 Å². The summed E-state index contributed by atoms with van der Waals surface area (Å²) in [5.41, 5.74) is 5.63. The molecule has 0 unspecified atom stereocenters. The monoisotopic (exact) mass is 325 g/mol. The molecule has 0 atom stereocenters. The first-order valence-corrected chi connectivity index (χ1v) is 8.18. The minimum atomic E-state index is -0.239. The van der Waals surface area contributed by atoms with Crippen LogP contribution in [0.5, 0.6) is 0 Å². The second-order valence-electron chi connectivity index (χ2n) is 5.87. The molecule has 2 heteroatoms. The number of nitrogens with zero attached hydrogens (tertiary/aromatic N) is 1. The SMILES string of the molecule is Fc1cccc(-c2cc(-c3ccccc3)nc(-c3ccccc3)c2)c1. The van der Waals surface area contributed by atoms with E-state index in [0.717, 1.165) is 33.6 Å². The lowest BCUT2D eigenvalue weighted by Gasteiger charge is -2.10. The van der Waals surface area contributed by atoms with Crippen molar-refractivity contribution < 1.29 is 4.39 Å². The van der Waals surface area contributed by atoms with Gasteiger partial charge in [-0.3, -0.25) is 0 Å². The Hall–Kier alpha value is -3.26. The minimum absolute atomic E-state index is 0.239. The largest absolute Gasteiger partial charge is 0.248 e. The molecule has 1 nitrogen and oxygen atoms in total. The first-order chi connectivity index (χ1) is 12.3. The van der Waals surface area contributed by atoms with E-state index in [0.29, 0.717) is 0 Å². The summed E-state index contributed by atoms with van der Waals surface area (Å²) < 4.78 is 13.7. The van der Waals surface area contributed by atoms with Gasteiger partial charge in [-0.1, -0.05) is 72.8 Å². The molecule has 0 aliphatic carbocycles. The highest BCUT2D eigenvalue weighted by atomic mass is 19.1. The van der Waals surface area contributed by atoms with Crippen molar-refractivity contribution in [1.29, 1.82) is 0 Å². The summed E-state index contributed by atoms with van der Waals surface area (Å²) in [7, 11) is 0. The van der Waals surface area contributed by atoms with E-state index in [1.54, 1.807) is 12.1 Å². The van der Waals surface area contributed by atoms with Crippen molar-refractivity contribution in [1.82, 2.24) is 4.98 Å². The molecule has 0 radical (unpaired) electrons. The highest BCUT2D eigenvalue weighted by Crippen LogP contribution is 2.30. The van der Waals surface area contributed by atoms with E-state index in [9.17, 15) is 4.39 Å². The predicted octanol–water partition coefficient (Wildman–Crippen LogP) is 6.22. The lowest BCUT2D eigenvalue weighted by atomic mass is 10.00. The van der Waals surface area contributed by atoms with Gasteiger partial charge in [0.1, 0.15) is 5.82 Å². The number of rotatable bonds is 3. The van der Waals surface area contributed by atoms with E-state index >= 15 is 0 Å². The summed E-state index contributed by atoms with van der Waals surface area (Å²) in [6.45, 7) is 0. The van der Waals surface area contributed by atoms with Gasteiger partial charge in [-0.15, -0.1) is 0 Å². The lowest BCUT2D eigenvalue weighted by Crippen LogP contribution is -1.91. The van der Waals surface area contributed by atoms with E-state index in [4.69, 9.17) is 4.98 Å². The zero-order valence-electron chi connectivity index (χ0n) is 13.6. The van der Waals surface area contributed by atoms with Crippen LogP contribution in [0.4, 0.5) is 4.39 Å². The summed E-state index contributed by atoms with van der Waals surface area (Å²) in [4.78, 5) is 4.83. The molecular formula is C23H16FN. The van der Waals surface area contributed by atoms with Gasteiger partial charge in [0.2, 0.25) is 0 Å². The van der Waals surface area contributed by atoms with Gasteiger partial charge in [-0.25, -0.2) is 9.37 Å². The van der Waals surface area contributed by atoms with Crippen molar-refractivity contribution in [3.63, 3.8) is 0 Å². The molecule has 0 saturated carbocycles. The molecule has 120 valence electrons. The van der Waals surface area contributed by atoms with Crippen molar-refractivity contribution in [3.8, 4) is 33.6 Å². The fourth-order valence-corrected chi connectivity index (χ4v) is 2.88. The standard InChI is InChI=1S/C23H16FN/c24-21-13-7-12-19(14-21)20-15-22(17-8-3-1-4-9-17)25-23(16-20)18-10-5-2-6-11-18/h1-16H. The highest BCUT2D eigenvalue weighted by molar-refractivity contribution is 5.76. The van der Waals surface area contributed by atoms with E-state index < -0.39 is 0 Å². The quantitative estimate of drug-likeness (QED) is 0.435. The maximum Gasteiger partial charge on any atom is 0.123 e. The van der Waals surface area contributed by atoms with Crippen LogP contribution in [0.15, 0.2) is 97.1 Å². The third-order valence-corrected chi connectivity index (χ3v) is 4.12. The highest BCUT2D eigenvalue weighted by Gasteiger charge is 2.09. The Balaban J connectivity index is 1.92. The smallest absolute Gasteiger partial charge is 0.123 e. The Kier molecular flexibility index (Phi) is 4.09. The van der Waals surface area contributed by atoms with Crippen LogP contribution < -0.4 is 0 Å². The Morgan fingerprint density at radius 2 is 1.00 bits per heavy atom. The van der Waals surface area contributed by atoms with E-state index in [-0.39, 0.29) is 5.82 Å². The summed E-state index contributed by atoms with van der Waals surface area (Å²) in [5.74, 6) is -0.239. The van der Waals surface area contributed by atoms with E-state index in [1.807, 2.05) is 78.9 Å². The molecule has 25 heavy (non-hydrogen) atoms. The van der Waals surface area contributed by atoms with Gasteiger partial charge in [0, 0.05) is 11.1 Å². The third-order valence-electron chi connectivity index (χ3n) is 4.12. The van der Waals surface area contributed by atoms with Crippen LogP contribution in [0.3, 0.4) is 0 Å². The number of hydrogen-bond donors (Lipinski definition) is 0. The van der Waals surface area contributed by atoms with E-state index in [1.165, 1.54) is 6.07 Å².